The summed E-state index contributed by atoms with van der Waals surface area (Å²) in [5, 5.41) is 12.6. The van der Waals surface area contributed by atoms with Gasteiger partial charge in [0.1, 0.15) is 18.5 Å². The van der Waals surface area contributed by atoms with E-state index in [0.717, 1.165) is 35.2 Å². The third-order valence-corrected chi connectivity index (χ3v) is 5.33. The molecular weight excluding hydrogens is 400 g/mol. The van der Waals surface area contributed by atoms with Gasteiger partial charge in [0, 0.05) is 43.7 Å². The first kappa shape index (κ1) is 22.1. The summed E-state index contributed by atoms with van der Waals surface area (Å²) < 4.78 is 5.90. The zero-order valence-corrected chi connectivity index (χ0v) is 17.6. The molecule has 1 fully saturated rings. The number of hydrogen-bond acceptors (Lipinski definition) is 4. The summed E-state index contributed by atoms with van der Waals surface area (Å²) in [5.74, 6) is 0.866. The summed E-state index contributed by atoms with van der Waals surface area (Å²) in [4.78, 5) is 16.6. The molecule has 30 heavy (non-hydrogen) atoms. The zero-order valence-electron chi connectivity index (χ0n) is 16.8. The number of carbonyl (C=O) groups excluding carboxylic acids is 1. The number of fused-ring (bicyclic) bond motifs is 1. The van der Waals surface area contributed by atoms with Crippen LogP contribution in [0.25, 0.3) is 10.8 Å². The highest BCUT2D eigenvalue weighted by molar-refractivity contribution is 5.94. The minimum Gasteiger partial charge on any atom is -0.490 e. The summed E-state index contributed by atoms with van der Waals surface area (Å²) in [5.41, 5.74) is 0.726. The Balaban J connectivity index is 0.00000256. The van der Waals surface area contributed by atoms with Crippen LogP contribution in [-0.4, -0.2) is 66.2 Å². The number of carbonyl (C=O) groups is 1. The normalized spacial score (nSPS) is 15.4. The van der Waals surface area contributed by atoms with Gasteiger partial charge >= 0.3 is 0 Å². The van der Waals surface area contributed by atoms with Crippen molar-refractivity contribution in [2.24, 2.45) is 0 Å². The molecule has 0 aliphatic carbocycles. The molecule has 1 N–H and O–H groups in total. The minimum atomic E-state index is -0.578. The fourth-order valence-electron chi connectivity index (χ4n) is 3.76. The van der Waals surface area contributed by atoms with Crippen LogP contribution in [0.5, 0.6) is 5.75 Å². The van der Waals surface area contributed by atoms with E-state index >= 15 is 0 Å². The van der Waals surface area contributed by atoms with E-state index in [9.17, 15) is 9.90 Å². The van der Waals surface area contributed by atoms with Crippen molar-refractivity contribution in [2.45, 2.75) is 6.10 Å². The van der Waals surface area contributed by atoms with Crippen molar-refractivity contribution in [3.05, 3.63) is 78.4 Å². The first-order valence-electron chi connectivity index (χ1n) is 10.1. The monoisotopic (exact) mass is 426 g/mol. The number of nitrogens with zero attached hydrogens (tertiary/aromatic N) is 2. The van der Waals surface area contributed by atoms with Crippen molar-refractivity contribution in [3.63, 3.8) is 0 Å². The van der Waals surface area contributed by atoms with E-state index in [4.69, 9.17) is 4.74 Å². The van der Waals surface area contributed by atoms with Crippen LogP contribution in [0.4, 0.5) is 0 Å². The zero-order chi connectivity index (χ0) is 20.1. The molecule has 1 aliphatic heterocycles. The maximum atomic E-state index is 12.5. The Labute approximate surface area is 183 Å². The molecule has 1 amide bonds. The van der Waals surface area contributed by atoms with Gasteiger partial charge in [-0.1, -0.05) is 54.6 Å². The molecule has 0 radical (unpaired) electrons. The largest absolute Gasteiger partial charge is 0.490 e. The number of β-amino-alcohol motifs (C(OH)–C–C–N with tert-alkyl or cyclic N) is 1. The molecule has 3 aromatic carbocycles. The molecule has 158 valence electrons. The lowest BCUT2D eigenvalue weighted by Gasteiger charge is -2.35. The van der Waals surface area contributed by atoms with Crippen LogP contribution in [0, 0.1) is 0 Å². The Bertz CT molecular complexity index is 954. The lowest BCUT2D eigenvalue weighted by atomic mass is 10.1. The number of aliphatic hydroxyl groups is 1. The molecule has 6 heteroatoms. The maximum Gasteiger partial charge on any atom is 0.253 e. The van der Waals surface area contributed by atoms with Crippen molar-refractivity contribution in [1.29, 1.82) is 0 Å². The number of amides is 1. The van der Waals surface area contributed by atoms with E-state index < -0.39 is 6.10 Å². The fraction of sp³-hybridized carbons (Fsp3) is 0.292. The summed E-state index contributed by atoms with van der Waals surface area (Å²) in [6, 6.07) is 23.4. The van der Waals surface area contributed by atoms with Crippen LogP contribution < -0.4 is 4.74 Å². The standard InChI is InChI=1S/C24H26N2O3.ClH/c27-21(18-29-23-12-6-10-19-7-4-5-11-22(19)23)17-25-13-15-26(16-14-25)24(28)20-8-2-1-3-9-20;/h1-12,21,27H,13-18H2;1H. The highest BCUT2D eigenvalue weighted by atomic mass is 35.5. The van der Waals surface area contributed by atoms with Crippen molar-refractivity contribution in [1.82, 2.24) is 9.80 Å². The Morgan fingerprint density at radius 1 is 0.900 bits per heavy atom. The van der Waals surface area contributed by atoms with Crippen LogP contribution in [0.2, 0.25) is 0 Å². The Hall–Kier alpha value is -2.60. The highest BCUT2D eigenvalue weighted by Crippen LogP contribution is 2.25. The van der Waals surface area contributed by atoms with Gasteiger partial charge in [0.05, 0.1) is 0 Å². The second-order valence-corrected chi connectivity index (χ2v) is 7.40. The molecule has 4 rings (SSSR count). The van der Waals surface area contributed by atoms with Crippen molar-refractivity contribution >= 4 is 29.1 Å². The summed E-state index contributed by atoms with van der Waals surface area (Å²) >= 11 is 0. The topological polar surface area (TPSA) is 53.0 Å². The van der Waals surface area contributed by atoms with Gasteiger partial charge in [0.15, 0.2) is 0 Å². The summed E-state index contributed by atoms with van der Waals surface area (Å²) in [7, 11) is 0. The molecule has 5 nitrogen and oxygen atoms in total. The molecule has 0 saturated carbocycles. The first-order valence-corrected chi connectivity index (χ1v) is 10.1. The van der Waals surface area contributed by atoms with E-state index in [1.165, 1.54) is 0 Å². The molecular formula is C24H27ClN2O3. The summed E-state index contributed by atoms with van der Waals surface area (Å²) in [6.45, 7) is 3.64. The quantitative estimate of drug-likeness (QED) is 0.655. The average molecular weight is 427 g/mol. The van der Waals surface area contributed by atoms with Crippen molar-refractivity contribution in [2.75, 3.05) is 39.3 Å². The van der Waals surface area contributed by atoms with E-state index in [1.807, 2.05) is 65.6 Å². The van der Waals surface area contributed by atoms with Gasteiger partial charge in [-0.3, -0.25) is 9.69 Å². The number of benzene rings is 3. The highest BCUT2D eigenvalue weighted by Gasteiger charge is 2.23. The van der Waals surface area contributed by atoms with Crippen LogP contribution in [0.1, 0.15) is 10.4 Å². The molecule has 1 aliphatic rings. The van der Waals surface area contributed by atoms with Gasteiger partial charge in [0.2, 0.25) is 0 Å². The number of aliphatic hydroxyl groups excluding tert-OH is 1. The third kappa shape index (κ3) is 5.30. The minimum absolute atomic E-state index is 0. The van der Waals surface area contributed by atoms with Crippen LogP contribution in [0.3, 0.4) is 0 Å². The Morgan fingerprint density at radius 2 is 1.57 bits per heavy atom. The predicted octanol–water partition coefficient (Wildman–Crippen LogP) is 3.46. The van der Waals surface area contributed by atoms with Crippen LogP contribution in [-0.2, 0) is 0 Å². The SMILES string of the molecule is Cl.O=C(c1ccccc1)N1CCN(CC(O)COc2cccc3ccccc23)CC1. The number of hydrogen-bond donors (Lipinski definition) is 1. The first-order chi connectivity index (χ1) is 14.2. The van der Waals surface area contributed by atoms with Gasteiger partial charge < -0.3 is 14.7 Å². The maximum absolute atomic E-state index is 12.5. The molecule has 1 heterocycles. The molecule has 1 unspecified atom stereocenters. The molecule has 3 aromatic rings. The summed E-state index contributed by atoms with van der Waals surface area (Å²) in [6.07, 6.45) is -0.578. The Kier molecular flexibility index (Phi) is 7.69. The second-order valence-electron chi connectivity index (χ2n) is 7.40. The second kappa shape index (κ2) is 10.4. The molecule has 0 bridgehead atoms. The number of ether oxygens (including phenoxy) is 1. The van der Waals surface area contributed by atoms with E-state index in [0.29, 0.717) is 19.6 Å². The average Bonchev–Trinajstić information content (AvgIpc) is 2.78. The molecule has 1 atom stereocenters. The third-order valence-electron chi connectivity index (χ3n) is 5.33. The van der Waals surface area contributed by atoms with Gasteiger partial charge in [-0.25, -0.2) is 0 Å². The van der Waals surface area contributed by atoms with Crippen LogP contribution in [0.15, 0.2) is 72.8 Å². The van der Waals surface area contributed by atoms with E-state index in [-0.39, 0.29) is 24.9 Å². The molecule has 1 saturated heterocycles. The Morgan fingerprint density at radius 3 is 2.33 bits per heavy atom. The fourth-order valence-corrected chi connectivity index (χ4v) is 3.76. The smallest absolute Gasteiger partial charge is 0.253 e. The van der Waals surface area contributed by atoms with Crippen LogP contribution >= 0.6 is 12.4 Å². The van der Waals surface area contributed by atoms with Gasteiger partial charge in [-0.2, -0.15) is 0 Å². The van der Waals surface area contributed by atoms with E-state index in [1.54, 1.807) is 0 Å². The lowest BCUT2D eigenvalue weighted by molar-refractivity contribution is 0.0406. The predicted molar refractivity (Wildman–Crippen MR) is 121 cm³/mol. The number of halogens is 1. The van der Waals surface area contributed by atoms with Gasteiger partial charge in [0.25, 0.3) is 5.91 Å². The lowest BCUT2D eigenvalue weighted by Crippen LogP contribution is -2.50. The molecule has 0 spiro atoms. The van der Waals surface area contributed by atoms with E-state index in [2.05, 4.69) is 17.0 Å². The van der Waals surface area contributed by atoms with Crippen molar-refractivity contribution < 1.29 is 14.6 Å². The number of piperazine rings is 1. The number of rotatable bonds is 6. The van der Waals surface area contributed by atoms with Gasteiger partial charge in [-0.15, -0.1) is 12.4 Å². The van der Waals surface area contributed by atoms with Gasteiger partial charge in [-0.05, 0) is 23.6 Å². The van der Waals surface area contributed by atoms with Crippen molar-refractivity contribution in [3.8, 4) is 5.75 Å². The molecule has 0 aromatic heterocycles.